The van der Waals surface area contributed by atoms with Gasteiger partial charge in [0.2, 0.25) is 5.88 Å². The minimum atomic E-state index is -0.206. The van der Waals surface area contributed by atoms with Gasteiger partial charge in [0.05, 0.1) is 5.56 Å². The van der Waals surface area contributed by atoms with Crippen LogP contribution in [0.15, 0.2) is 9.95 Å². The second kappa shape index (κ2) is 9.02. The fourth-order valence-electron chi connectivity index (χ4n) is 2.05. The average Bonchev–Trinajstić information content (AvgIpc) is 2.40. The molecule has 1 aromatic rings. The van der Waals surface area contributed by atoms with Crippen LogP contribution in [-0.2, 0) is 6.42 Å². The van der Waals surface area contributed by atoms with Crippen molar-refractivity contribution in [2.45, 2.75) is 63.4 Å². The van der Waals surface area contributed by atoms with Gasteiger partial charge in [-0.15, -0.1) is 0 Å². The predicted octanol–water partition coefficient (Wildman–Crippen LogP) is 3.49. The summed E-state index contributed by atoms with van der Waals surface area (Å²) < 4.78 is 0. The maximum Gasteiger partial charge on any atom is 0.258 e. The van der Waals surface area contributed by atoms with Crippen molar-refractivity contribution in [3.63, 3.8) is 0 Å². The Kier molecular flexibility index (Phi) is 7.63. The Bertz CT molecular complexity index is 432. The number of aromatic nitrogens is 2. The summed E-state index contributed by atoms with van der Waals surface area (Å²) in [5.74, 6) is -0.112. The largest absolute Gasteiger partial charge is 0.493 e. The molecule has 0 radical (unpaired) electrons. The lowest BCUT2D eigenvalue weighted by molar-refractivity contribution is 0.433. The molecule has 0 aliphatic rings. The van der Waals surface area contributed by atoms with Gasteiger partial charge in [0, 0.05) is 0 Å². The van der Waals surface area contributed by atoms with E-state index in [1.807, 2.05) is 6.26 Å². The maximum absolute atomic E-state index is 11.8. The summed E-state index contributed by atoms with van der Waals surface area (Å²) in [5.41, 5.74) is 0.217. The summed E-state index contributed by atoms with van der Waals surface area (Å²) in [7, 11) is 0. The van der Waals surface area contributed by atoms with Gasteiger partial charge in [-0.05, 0) is 19.1 Å². The molecule has 2 N–H and O–H groups in total. The first-order chi connectivity index (χ1) is 9.19. The van der Waals surface area contributed by atoms with E-state index in [0.717, 1.165) is 12.8 Å². The standard InChI is InChI=1S/C14H24N2O2S/c1-3-4-5-6-7-8-9-10-11-12(17)15-14(19-2)16-13(11)18/h3-10H2,1-2H3,(H2,15,16,17,18). The molecule has 0 saturated heterocycles. The van der Waals surface area contributed by atoms with E-state index in [4.69, 9.17) is 0 Å². The van der Waals surface area contributed by atoms with E-state index in [1.165, 1.54) is 43.9 Å². The number of aromatic hydroxyl groups is 1. The minimum Gasteiger partial charge on any atom is -0.493 e. The van der Waals surface area contributed by atoms with Crippen LogP contribution in [0, 0.1) is 0 Å². The van der Waals surface area contributed by atoms with E-state index in [1.54, 1.807) is 0 Å². The van der Waals surface area contributed by atoms with Crippen molar-refractivity contribution >= 4 is 11.8 Å². The van der Waals surface area contributed by atoms with E-state index in [0.29, 0.717) is 17.1 Å². The smallest absolute Gasteiger partial charge is 0.258 e. The number of nitrogens with one attached hydrogen (secondary N) is 1. The number of unbranched alkanes of at least 4 members (excludes halogenated alkanes) is 6. The highest BCUT2D eigenvalue weighted by Gasteiger charge is 2.09. The van der Waals surface area contributed by atoms with Crippen molar-refractivity contribution in [3.8, 4) is 5.88 Å². The number of H-pyrrole nitrogens is 1. The number of hydrogen-bond donors (Lipinski definition) is 2. The molecule has 0 saturated carbocycles. The van der Waals surface area contributed by atoms with Crippen LogP contribution in [0.3, 0.4) is 0 Å². The van der Waals surface area contributed by atoms with E-state index < -0.39 is 0 Å². The first-order valence-corrected chi connectivity index (χ1v) is 8.27. The zero-order chi connectivity index (χ0) is 14.1. The molecule has 19 heavy (non-hydrogen) atoms. The molecule has 0 aliphatic carbocycles. The normalized spacial score (nSPS) is 10.8. The summed E-state index contributed by atoms with van der Waals surface area (Å²) in [5, 5.41) is 10.2. The van der Waals surface area contributed by atoms with Gasteiger partial charge < -0.3 is 10.1 Å². The second-order valence-corrected chi connectivity index (χ2v) is 5.54. The molecule has 1 aromatic heterocycles. The van der Waals surface area contributed by atoms with Crippen molar-refractivity contribution in [1.29, 1.82) is 0 Å². The van der Waals surface area contributed by atoms with Crippen LogP contribution in [0.25, 0.3) is 0 Å². The van der Waals surface area contributed by atoms with Crippen LogP contribution >= 0.6 is 11.8 Å². The first-order valence-electron chi connectivity index (χ1n) is 7.05. The SMILES string of the molecule is CCCCCCCCCc1c(O)nc(SC)[nH]c1=O. The van der Waals surface area contributed by atoms with Gasteiger partial charge in [0.1, 0.15) is 0 Å². The molecule has 0 amide bonds. The summed E-state index contributed by atoms with van der Waals surface area (Å²) in [6.07, 6.45) is 10.8. The van der Waals surface area contributed by atoms with E-state index in [-0.39, 0.29) is 11.4 Å². The summed E-state index contributed by atoms with van der Waals surface area (Å²) in [4.78, 5) is 18.4. The van der Waals surface area contributed by atoms with Gasteiger partial charge in [-0.2, -0.15) is 4.98 Å². The van der Waals surface area contributed by atoms with Gasteiger partial charge in [-0.1, -0.05) is 57.2 Å². The predicted molar refractivity (Wildman–Crippen MR) is 80.0 cm³/mol. The molecule has 0 aromatic carbocycles. The van der Waals surface area contributed by atoms with Crippen LogP contribution in [0.5, 0.6) is 5.88 Å². The van der Waals surface area contributed by atoms with Crippen molar-refractivity contribution < 1.29 is 5.11 Å². The molecule has 0 bridgehead atoms. The summed E-state index contributed by atoms with van der Waals surface area (Å²) >= 11 is 1.32. The van der Waals surface area contributed by atoms with Crippen LogP contribution in [0.4, 0.5) is 0 Å². The van der Waals surface area contributed by atoms with Crippen molar-refractivity contribution in [2.24, 2.45) is 0 Å². The Morgan fingerprint density at radius 3 is 2.37 bits per heavy atom. The van der Waals surface area contributed by atoms with Gasteiger partial charge in [-0.3, -0.25) is 4.79 Å². The molecule has 4 nitrogen and oxygen atoms in total. The fraction of sp³-hybridized carbons (Fsp3) is 0.714. The molecular formula is C14H24N2O2S. The summed E-state index contributed by atoms with van der Waals surface area (Å²) in [6.45, 7) is 2.21. The third-order valence-corrected chi connectivity index (χ3v) is 3.78. The number of hydrogen-bond acceptors (Lipinski definition) is 4. The zero-order valence-electron chi connectivity index (χ0n) is 11.9. The number of thioether (sulfide) groups is 1. The molecule has 1 rings (SSSR count). The Hall–Kier alpha value is -0.970. The Morgan fingerprint density at radius 2 is 1.79 bits per heavy atom. The fourth-order valence-corrected chi connectivity index (χ4v) is 2.42. The highest BCUT2D eigenvalue weighted by molar-refractivity contribution is 7.98. The van der Waals surface area contributed by atoms with Gasteiger partial charge in [-0.25, -0.2) is 0 Å². The monoisotopic (exact) mass is 284 g/mol. The number of rotatable bonds is 9. The highest BCUT2D eigenvalue weighted by Crippen LogP contribution is 2.16. The Morgan fingerprint density at radius 1 is 1.16 bits per heavy atom. The average molecular weight is 284 g/mol. The highest BCUT2D eigenvalue weighted by atomic mass is 32.2. The van der Waals surface area contributed by atoms with Crippen molar-refractivity contribution in [2.75, 3.05) is 6.26 Å². The van der Waals surface area contributed by atoms with Gasteiger partial charge in [0.15, 0.2) is 5.16 Å². The van der Waals surface area contributed by atoms with Crippen LogP contribution in [0.1, 0.15) is 57.4 Å². The minimum absolute atomic E-state index is 0.112. The molecule has 0 fully saturated rings. The lowest BCUT2D eigenvalue weighted by atomic mass is 10.1. The number of aromatic amines is 1. The van der Waals surface area contributed by atoms with E-state index in [2.05, 4.69) is 16.9 Å². The van der Waals surface area contributed by atoms with Gasteiger partial charge in [0.25, 0.3) is 5.56 Å². The molecule has 0 atom stereocenters. The quantitative estimate of drug-likeness (QED) is 0.414. The molecular weight excluding hydrogens is 260 g/mol. The molecule has 108 valence electrons. The first kappa shape index (κ1) is 16.1. The lowest BCUT2D eigenvalue weighted by Gasteiger charge is -2.04. The van der Waals surface area contributed by atoms with Crippen LogP contribution < -0.4 is 5.56 Å². The molecule has 0 aliphatic heterocycles. The Balaban J connectivity index is 2.35. The zero-order valence-corrected chi connectivity index (χ0v) is 12.7. The van der Waals surface area contributed by atoms with Crippen LogP contribution in [0.2, 0.25) is 0 Å². The summed E-state index contributed by atoms with van der Waals surface area (Å²) in [6, 6.07) is 0. The van der Waals surface area contributed by atoms with E-state index in [9.17, 15) is 9.90 Å². The van der Waals surface area contributed by atoms with Crippen molar-refractivity contribution in [3.05, 3.63) is 15.9 Å². The number of nitrogens with zero attached hydrogens (tertiary/aromatic N) is 1. The third kappa shape index (κ3) is 5.68. The van der Waals surface area contributed by atoms with E-state index >= 15 is 0 Å². The lowest BCUT2D eigenvalue weighted by Crippen LogP contribution is -2.15. The third-order valence-electron chi connectivity index (χ3n) is 3.20. The Labute approximate surface area is 119 Å². The topological polar surface area (TPSA) is 66.0 Å². The molecule has 0 unspecified atom stereocenters. The molecule has 0 spiro atoms. The van der Waals surface area contributed by atoms with Crippen molar-refractivity contribution in [1.82, 2.24) is 9.97 Å². The molecule has 5 heteroatoms. The van der Waals surface area contributed by atoms with Crippen LogP contribution in [-0.4, -0.2) is 21.3 Å². The van der Waals surface area contributed by atoms with Gasteiger partial charge >= 0.3 is 0 Å². The maximum atomic E-state index is 11.8. The second-order valence-electron chi connectivity index (χ2n) is 4.75. The molecule has 1 heterocycles.